The number of hydrogen-bond donors (Lipinski definition) is 2. The maximum Gasteiger partial charge on any atom is 0.294 e. The smallest absolute Gasteiger partial charge is 0.282 e. The second-order valence-electron chi connectivity index (χ2n) is 13.6. The van der Waals surface area contributed by atoms with Gasteiger partial charge in [-0.3, -0.25) is 4.55 Å². The molecule has 0 fully saturated rings. The standard InChI is InChI=1S/C16H35N.C16H37P.C7H8O3S/c1-2-3-4-5-6-7-8-9-10-11-12-13-14-15-16-17;1-5-9-13-17(14-10-6-2,15-11-7-3)16-12-8-4;1-6-2-4-7(5-3-6)11(8,9)10/h2-17H2,1H3;17H,5-16H2,1-4H3;2-5H,1H3,(H,8,9,10). The first-order valence-corrected chi connectivity index (χ1v) is 23.7. The Morgan fingerprint density at radius 3 is 1.07 bits per heavy atom. The van der Waals surface area contributed by atoms with E-state index in [1.807, 2.05) is 6.92 Å². The van der Waals surface area contributed by atoms with Gasteiger partial charge in [0.05, 0.1) is 4.90 Å². The zero-order valence-corrected chi connectivity index (χ0v) is 33.0. The Balaban J connectivity index is 0. The third-order valence-electron chi connectivity index (χ3n) is 9.12. The van der Waals surface area contributed by atoms with Crippen molar-refractivity contribution in [2.45, 2.75) is 188 Å². The zero-order chi connectivity index (χ0) is 34.1. The van der Waals surface area contributed by atoms with Crippen LogP contribution in [-0.2, 0) is 10.1 Å². The van der Waals surface area contributed by atoms with Crippen LogP contribution in [0.2, 0.25) is 0 Å². The molecule has 270 valence electrons. The molecule has 0 spiro atoms. The zero-order valence-electron chi connectivity index (χ0n) is 31.2. The fourth-order valence-electron chi connectivity index (χ4n) is 6.01. The third-order valence-corrected chi connectivity index (χ3v) is 15.6. The molecule has 0 aliphatic heterocycles. The molecule has 45 heavy (non-hydrogen) atoms. The maximum atomic E-state index is 10.5. The van der Waals surface area contributed by atoms with Gasteiger partial charge in [-0.15, -0.1) is 0 Å². The van der Waals surface area contributed by atoms with Gasteiger partial charge in [0.1, 0.15) is 0 Å². The molecular weight excluding hydrogens is 593 g/mol. The van der Waals surface area contributed by atoms with Gasteiger partial charge in [0, 0.05) is 0 Å². The number of benzene rings is 1. The maximum absolute atomic E-state index is 10.5. The van der Waals surface area contributed by atoms with Crippen LogP contribution in [0.1, 0.15) is 181 Å². The molecule has 0 radical (unpaired) electrons. The molecule has 1 aromatic carbocycles. The first-order valence-electron chi connectivity index (χ1n) is 19.4. The van der Waals surface area contributed by atoms with Crippen molar-refractivity contribution in [2.24, 2.45) is 5.73 Å². The summed E-state index contributed by atoms with van der Waals surface area (Å²) in [5, 5.41) is 0. The van der Waals surface area contributed by atoms with E-state index in [0.29, 0.717) is 0 Å². The monoisotopic (exact) mass is 674 g/mol. The summed E-state index contributed by atoms with van der Waals surface area (Å²) in [7, 11) is -4.90. The van der Waals surface area contributed by atoms with Gasteiger partial charge >= 0.3 is 111 Å². The molecular formula is C39H80NO3PS. The summed E-state index contributed by atoms with van der Waals surface area (Å²) in [5.41, 5.74) is 6.42. The van der Waals surface area contributed by atoms with E-state index in [4.69, 9.17) is 10.3 Å². The Morgan fingerprint density at radius 1 is 0.511 bits per heavy atom. The first-order chi connectivity index (χ1) is 21.7. The number of nitrogens with two attached hydrogens (primary N) is 1. The quantitative estimate of drug-likeness (QED) is 0.0553. The van der Waals surface area contributed by atoms with Crippen LogP contribution >= 0.6 is 7.26 Å². The molecule has 0 aliphatic rings. The molecule has 0 heterocycles. The van der Waals surface area contributed by atoms with E-state index in [2.05, 4.69) is 34.6 Å². The summed E-state index contributed by atoms with van der Waals surface area (Å²) < 4.78 is 29.6. The van der Waals surface area contributed by atoms with Crippen LogP contribution in [0.5, 0.6) is 0 Å². The van der Waals surface area contributed by atoms with Gasteiger partial charge in [0.2, 0.25) is 0 Å². The normalized spacial score (nSPS) is 11.8. The summed E-state index contributed by atoms with van der Waals surface area (Å²) in [6.07, 6.45) is 38.0. The summed E-state index contributed by atoms with van der Waals surface area (Å²) in [5.74, 6) is 0. The Morgan fingerprint density at radius 2 is 0.800 bits per heavy atom. The molecule has 0 unspecified atom stereocenters. The van der Waals surface area contributed by atoms with E-state index in [9.17, 15) is 8.42 Å². The van der Waals surface area contributed by atoms with E-state index in [-0.39, 0.29) is 4.90 Å². The molecule has 1 rings (SSSR count). The van der Waals surface area contributed by atoms with Crippen LogP contribution in [-0.4, -0.2) is 44.2 Å². The van der Waals surface area contributed by atoms with Gasteiger partial charge in [-0.25, -0.2) is 0 Å². The van der Waals surface area contributed by atoms with Gasteiger partial charge < -0.3 is 5.73 Å². The minimum Gasteiger partial charge on any atom is -0.282 e. The van der Waals surface area contributed by atoms with Crippen molar-refractivity contribution < 1.29 is 13.0 Å². The molecule has 3 N–H and O–H groups in total. The average Bonchev–Trinajstić information content (AvgIpc) is 3.03. The van der Waals surface area contributed by atoms with Crippen LogP contribution < -0.4 is 5.73 Å². The Kier molecular flexibility index (Phi) is 34.6. The molecule has 0 aliphatic carbocycles. The van der Waals surface area contributed by atoms with Crippen LogP contribution in [0.4, 0.5) is 0 Å². The predicted molar refractivity (Wildman–Crippen MR) is 208 cm³/mol. The van der Waals surface area contributed by atoms with Crippen molar-refractivity contribution in [2.75, 3.05) is 31.2 Å². The van der Waals surface area contributed by atoms with Gasteiger partial charge in [-0.05, 0) is 32.0 Å². The minimum absolute atomic E-state index is 0.0666. The Bertz CT molecular complexity index is 778. The Labute approximate surface area is 284 Å². The van der Waals surface area contributed by atoms with Crippen molar-refractivity contribution >= 4 is 17.4 Å². The van der Waals surface area contributed by atoms with E-state index in [1.165, 1.54) is 153 Å². The van der Waals surface area contributed by atoms with Crippen molar-refractivity contribution in [3.05, 3.63) is 29.8 Å². The molecule has 4 nitrogen and oxygen atoms in total. The van der Waals surface area contributed by atoms with Gasteiger partial charge in [0.15, 0.2) is 0 Å². The number of rotatable bonds is 27. The van der Waals surface area contributed by atoms with Crippen LogP contribution in [0, 0.1) is 6.92 Å². The Hall–Kier alpha value is -0.480. The van der Waals surface area contributed by atoms with E-state index in [1.54, 1.807) is 36.8 Å². The molecule has 1 aromatic rings. The third kappa shape index (κ3) is 30.6. The SMILES string of the molecule is CCCCCCCCCCCCCCCCN.CCCC[PH](CCCC)(CCCC)CCCC.Cc1ccc(S(=O)(=O)O)cc1. The molecule has 6 heteroatoms. The van der Waals surface area contributed by atoms with Crippen LogP contribution in [0.15, 0.2) is 29.2 Å². The molecule has 0 atom stereocenters. The van der Waals surface area contributed by atoms with Crippen molar-refractivity contribution in [1.82, 2.24) is 0 Å². The largest absolute Gasteiger partial charge is 0.294 e. The van der Waals surface area contributed by atoms with E-state index >= 15 is 0 Å². The summed E-state index contributed by atoms with van der Waals surface area (Å²) in [6.45, 7) is 14.4. The van der Waals surface area contributed by atoms with Crippen molar-refractivity contribution in [3.63, 3.8) is 0 Å². The van der Waals surface area contributed by atoms with E-state index < -0.39 is 17.4 Å². The second kappa shape index (κ2) is 33.4. The average molecular weight is 674 g/mol. The summed E-state index contributed by atoms with van der Waals surface area (Å²) in [4.78, 5) is -0.0666. The fourth-order valence-corrected chi connectivity index (χ4v) is 12.4. The molecule has 0 bridgehead atoms. The number of unbranched alkanes of at least 4 members (excludes halogenated alkanes) is 17. The number of hydrogen-bond acceptors (Lipinski definition) is 3. The summed E-state index contributed by atoms with van der Waals surface area (Å²) >= 11 is 0. The number of aryl methyl sites for hydroxylation is 1. The molecule has 0 amide bonds. The first kappa shape index (κ1) is 46.6. The minimum atomic E-state index is -4.02. The van der Waals surface area contributed by atoms with Crippen molar-refractivity contribution in [1.29, 1.82) is 0 Å². The van der Waals surface area contributed by atoms with E-state index in [0.717, 1.165) is 12.1 Å². The predicted octanol–water partition coefficient (Wildman–Crippen LogP) is 12.6. The fraction of sp³-hybridized carbons (Fsp3) is 0.846. The van der Waals surface area contributed by atoms with Gasteiger partial charge in [0.25, 0.3) is 10.1 Å². The molecule has 0 saturated heterocycles. The van der Waals surface area contributed by atoms with Crippen molar-refractivity contribution in [3.8, 4) is 0 Å². The summed E-state index contributed by atoms with van der Waals surface area (Å²) in [6, 6.07) is 5.99. The molecule has 0 aromatic heterocycles. The molecule has 0 saturated carbocycles. The topological polar surface area (TPSA) is 80.4 Å². The van der Waals surface area contributed by atoms with Crippen LogP contribution in [0.25, 0.3) is 0 Å². The van der Waals surface area contributed by atoms with Gasteiger partial charge in [-0.1, -0.05) is 108 Å². The van der Waals surface area contributed by atoms with Crippen LogP contribution in [0.3, 0.4) is 0 Å². The van der Waals surface area contributed by atoms with Gasteiger partial charge in [-0.2, -0.15) is 8.42 Å². The second-order valence-corrected chi connectivity index (χ2v) is 20.0.